The molecule has 0 aliphatic heterocycles. The largest absolute Gasteiger partial charge is 0.330 e. The molecular formula is C11H15N. The van der Waals surface area contributed by atoms with E-state index in [0.29, 0.717) is 0 Å². The summed E-state index contributed by atoms with van der Waals surface area (Å²) in [4.78, 5) is 0. The standard InChI is InChI=1S/C11H15N/c1-10(6-5-9-12)11-7-3-2-4-8-11/h2-4,6-8H,5,9,12H2,1H3. The Morgan fingerprint density at radius 3 is 2.58 bits per heavy atom. The molecule has 0 atom stereocenters. The maximum absolute atomic E-state index is 5.41. The normalized spacial score (nSPS) is 11.7. The van der Waals surface area contributed by atoms with Crippen LogP contribution in [0.2, 0.25) is 0 Å². The summed E-state index contributed by atoms with van der Waals surface area (Å²) in [7, 11) is 0. The predicted molar refractivity (Wildman–Crippen MR) is 53.8 cm³/mol. The topological polar surface area (TPSA) is 26.0 Å². The van der Waals surface area contributed by atoms with Crippen LogP contribution in [0.4, 0.5) is 0 Å². The van der Waals surface area contributed by atoms with Gasteiger partial charge in [-0.2, -0.15) is 0 Å². The van der Waals surface area contributed by atoms with Gasteiger partial charge >= 0.3 is 0 Å². The summed E-state index contributed by atoms with van der Waals surface area (Å²) in [5.74, 6) is 0. The third kappa shape index (κ3) is 2.51. The van der Waals surface area contributed by atoms with Crippen molar-refractivity contribution in [2.75, 3.05) is 6.54 Å². The molecule has 0 aliphatic carbocycles. The van der Waals surface area contributed by atoms with Gasteiger partial charge in [0, 0.05) is 0 Å². The van der Waals surface area contributed by atoms with E-state index in [1.54, 1.807) is 0 Å². The van der Waals surface area contributed by atoms with Crippen LogP contribution in [0.15, 0.2) is 36.4 Å². The molecule has 0 fully saturated rings. The third-order valence-corrected chi connectivity index (χ3v) is 1.85. The smallest absolute Gasteiger partial charge is 0.00424 e. The number of rotatable bonds is 3. The lowest BCUT2D eigenvalue weighted by Gasteiger charge is -1.99. The highest BCUT2D eigenvalue weighted by Gasteiger charge is 1.91. The van der Waals surface area contributed by atoms with Gasteiger partial charge < -0.3 is 5.73 Å². The van der Waals surface area contributed by atoms with Gasteiger partial charge in [-0.1, -0.05) is 36.4 Å². The fourth-order valence-corrected chi connectivity index (χ4v) is 1.12. The highest BCUT2D eigenvalue weighted by Crippen LogP contribution is 2.12. The quantitative estimate of drug-likeness (QED) is 0.724. The molecule has 0 amide bonds. The van der Waals surface area contributed by atoms with E-state index >= 15 is 0 Å². The van der Waals surface area contributed by atoms with E-state index in [2.05, 4.69) is 37.3 Å². The molecule has 12 heavy (non-hydrogen) atoms. The molecule has 0 spiro atoms. The molecule has 2 N–H and O–H groups in total. The molecule has 0 radical (unpaired) electrons. The molecule has 0 unspecified atom stereocenters. The lowest BCUT2D eigenvalue weighted by Crippen LogP contribution is -1.95. The van der Waals surface area contributed by atoms with Crippen LogP contribution in [0, 0.1) is 0 Å². The molecule has 0 saturated carbocycles. The van der Waals surface area contributed by atoms with Crippen molar-refractivity contribution in [2.45, 2.75) is 13.3 Å². The van der Waals surface area contributed by atoms with Gasteiger partial charge in [0.2, 0.25) is 0 Å². The highest BCUT2D eigenvalue weighted by molar-refractivity contribution is 5.63. The zero-order chi connectivity index (χ0) is 8.81. The van der Waals surface area contributed by atoms with Crippen molar-refractivity contribution >= 4 is 5.57 Å². The first-order valence-electron chi connectivity index (χ1n) is 4.27. The van der Waals surface area contributed by atoms with Crippen molar-refractivity contribution in [1.82, 2.24) is 0 Å². The minimum atomic E-state index is 0.726. The maximum atomic E-state index is 5.41. The number of hydrogen-bond donors (Lipinski definition) is 1. The van der Waals surface area contributed by atoms with Crippen molar-refractivity contribution in [3.63, 3.8) is 0 Å². The second-order valence-corrected chi connectivity index (χ2v) is 2.83. The van der Waals surface area contributed by atoms with Gasteiger partial charge in [-0.25, -0.2) is 0 Å². The first kappa shape index (κ1) is 9.01. The van der Waals surface area contributed by atoms with Crippen LogP contribution in [0.5, 0.6) is 0 Å². The molecule has 1 rings (SSSR count). The number of nitrogens with two attached hydrogens (primary N) is 1. The van der Waals surface area contributed by atoms with Crippen LogP contribution in [0.25, 0.3) is 5.57 Å². The Labute approximate surface area is 73.9 Å². The fourth-order valence-electron chi connectivity index (χ4n) is 1.12. The Morgan fingerprint density at radius 2 is 2.00 bits per heavy atom. The SMILES string of the molecule is CC(=CCCN)c1ccccc1. The fraction of sp³-hybridized carbons (Fsp3) is 0.273. The highest BCUT2D eigenvalue weighted by atomic mass is 14.5. The molecular weight excluding hydrogens is 146 g/mol. The van der Waals surface area contributed by atoms with E-state index in [9.17, 15) is 0 Å². The zero-order valence-electron chi connectivity index (χ0n) is 7.46. The van der Waals surface area contributed by atoms with Gasteiger partial charge in [0.05, 0.1) is 0 Å². The van der Waals surface area contributed by atoms with Gasteiger partial charge in [-0.3, -0.25) is 0 Å². The molecule has 0 aliphatic rings. The summed E-state index contributed by atoms with van der Waals surface area (Å²) < 4.78 is 0. The van der Waals surface area contributed by atoms with E-state index in [1.807, 2.05) is 6.07 Å². The second-order valence-electron chi connectivity index (χ2n) is 2.83. The Balaban J connectivity index is 2.71. The van der Waals surface area contributed by atoms with Crippen LogP contribution < -0.4 is 5.73 Å². The van der Waals surface area contributed by atoms with Gasteiger partial charge in [-0.05, 0) is 31.0 Å². The van der Waals surface area contributed by atoms with Crippen molar-refractivity contribution in [3.8, 4) is 0 Å². The van der Waals surface area contributed by atoms with Gasteiger partial charge in [0.1, 0.15) is 0 Å². The van der Waals surface area contributed by atoms with Crippen LogP contribution in [-0.4, -0.2) is 6.54 Å². The molecule has 1 nitrogen and oxygen atoms in total. The van der Waals surface area contributed by atoms with E-state index in [4.69, 9.17) is 5.73 Å². The van der Waals surface area contributed by atoms with Crippen molar-refractivity contribution < 1.29 is 0 Å². The summed E-state index contributed by atoms with van der Waals surface area (Å²) in [6, 6.07) is 10.4. The summed E-state index contributed by atoms with van der Waals surface area (Å²) >= 11 is 0. The lowest BCUT2D eigenvalue weighted by molar-refractivity contribution is 1.01. The monoisotopic (exact) mass is 161 g/mol. The number of benzene rings is 1. The van der Waals surface area contributed by atoms with E-state index in [0.717, 1.165) is 13.0 Å². The van der Waals surface area contributed by atoms with Crippen LogP contribution in [-0.2, 0) is 0 Å². The molecule has 1 aromatic rings. The van der Waals surface area contributed by atoms with Crippen molar-refractivity contribution in [1.29, 1.82) is 0 Å². The molecule has 0 saturated heterocycles. The third-order valence-electron chi connectivity index (χ3n) is 1.85. The summed E-state index contributed by atoms with van der Waals surface area (Å²) in [6.07, 6.45) is 3.13. The van der Waals surface area contributed by atoms with Gasteiger partial charge in [0.15, 0.2) is 0 Å². The Kier molecular flexibility index (Phi) is 3.55. The first-order chi connectivity index (χ1) is 5.84. The lowest BCUT2D eigenvalue weighted by atomic mass is 10.1. The predicted octanol–water partition coefficient (Wildman–Crippen LogP) is 2.44. The number of hydrogen-bond acceptors (Lipinski definition) is 1. The zero-order valence-corrected chi connectivity index (χ0v) is 7.46. The average molecular weight is 161 g/mol. The summed E-state index contributed by atoms with van der Waals surface area (Å²) in [5.41, 5.74) is 8.00. The van der Waals surface area contributed by atoms with Crippen LogP contribution in [0.3, 0.4) is 0 Å². The Morgan fingerprint density at radius 1 is 1.33 bits per heavy atom. The molecule has 0 bridgehead atoms. The molecule has 1 heteroatoms. The molecule has 1 aromatic carbocycles. The van der Waals surface area contributed by atoms with Crippen molar-refractivity contribution in [3.05, 3.63) is 42.0 Å². The number of allylic oxidation sites excluding steroid dienone is 1. The van der Waals surface area contributed by atoms with E-state index in [-0.39, 0.29) is 0 Å². The van der Waals surface area contributed by atoms with Crippen LogP contribution in [0.1, 0.15) is 18.9 Å². The maximum Gasteiger partial charge on any atom is -0.00424 e. The molecule has 64 valence electrons. The Hall–Kier alpha value is -1.08. The molecule has 0 aromatic heterocycles. The van der Waals surface area contributed by atoms with Crippen molar-refractivity contribution in [2.24, 2.45) is 5.73 Å². The second kappa shape index (κ2) is 4.73. The summed E-state index contributed by atoms with van der Waals surface area (Å²) in [5, 5.41) is 0. The minimum Gasteiger partial charge on any atom is -0.330 e. The summed E-state index contributed by atoms with van der Waals surface area (Å²) in [6.45, 7) is 2.84. The minimum absolute atomic E-state index is 0.726. The molecule has 0 heterocycles. The van der Waals surface area contributed by atoms with Crippen LogP contribution >= 0.6 is 0 Å². The van der Waals surface area contributed by atoms with Gasteiger partial charge in [-0.15, -0.1) is 0 Å². The average Bonchev–Trinajstić information content (AvgIpc) is 2.15. The Bertz CT molecular complexity index is 249. The van der Waals surface area contributed by atoms with E-state index < -0.39 is 0 Å². The van der Waals surface area contributed by atoms with E-state index in [1.165, 1.54) is 11.1 Å². The van der Waals surface area contributed by atoms with Gasteiger partial charge in [0.25, 0.3) is 0 Å². The first-order valence-corrected chi connectivity index (χ1v) is 4.27.